The van der Waals surface area contributed by atoms with Gasteiger partial charge in [-0.05, 0) is 25.5 Å². The first-order chi connectivity index (χ1) is 13.6. The molecule has 2 aromatic heterocycles. The summed E-state index contributed by atoms with van der Waals surface area (Å²) in [5.74, 6) is -0.0355. The zero-order chi connectivity index (χ0) is 19.7. The fraction of sp³-hybridized carbons (Fsp3) is 0.500. The largest absolute Gasteiger partial charge is 0.376 e. The molecule has 148 valence electrons. The van der Waals surface area contributed by atoms with Crippen LogP contribution in [-0.2, 0) is 29.0 Å². The molecule has 0 saturated carbocycles. The number of carbonyl (C=O) groups excluding carboxylic acids is 2. The van der Waals surface area contributed by atoms with Crippen LogP contribution in [-0.4, -0.2) is 68.6 Å². The lowest BCUT2D eigenvalue weighted by Gasteiger charge is -2.45. The molecule has 0 bridgehead atoms. The van der Waals surface area contributed by atoms with Crippen LogP contribution in [0.15, 0.2) is 24.5 Å². The Balaban J connectivity index is 1.46. The maximum Gasteiger partial charge on any atom is 0.275 e. The maximum atomic E-state index is 13.1. The molecule has 1 N–H and O–H groups in total. The quantitative estimate of drug-likeness (QED) is 0.859. The first kappa shape index (κ1) is 18.6. The number of aromatic amines is 1. The van der Waals surface area contributed by atoms with E-state index in [1.54, 1.807) is 12.4 Å². The summed E-state index contributed by atoms with van der Waals surface area (Å²) in [5, 5.41) is 7.24. The number of piperazine rings is 1. The van der Waals surface area contributed by atoms with Gasteiger partial charge in [-0.25, -0.2) is 0 Å². The van der Waals surface area contributed by atoms with Crippen molar-refractivity contribution in [3.63, 3.8) is 0 Å². The molecule has 0 aromatic carbocycles. The number of pyridine rings is 1. The predicted octanol–water partition coefficient (Wildman–Crippen LogP) is 1.18. The fourth-order valence-electron chi connectivity index (χ4n) is 3.99. The van der Waals surface area contributed by atoms with E-state index in [1.807, 2.05) is 35.8 Å². The number of aromatic nitrogens is 3. The molecule has 0 radical (unpaired) electrons. The molecule has 28 heavy (non-hydrogen) atoms. The fourth-order valence-corrected chi connectivity index (χ4v) is 3.99. The first-order valence-electron chi connectivity index (χ1n) is 9.69. The average molecular weight is 383 g/mol. The van der Waals surface area contributed by atoms with E-state index in [2.05, 4.69) is 15.2 Å². The lowest BCUT2D eigenvalue weighted by molar-refractivity contribution is -0.136. The molecule has 0 spiro atoms. The van der Waals surface area contributed by atoms with E-state index >= 15 is 0 Å². The average Bonchev–Trinajstić information content (AvgIpc) is 3.14. The van der Waals surface area contributed by atoms with E-state index in [0.29, 0.717) is 38.4 Å². The molecule has 2 aromatic rings. The van der Waals surface area contributed by atoms with Gasteiger partial charge in [0.25, 0.3) is 5.91 Å². The van der Waals surface area contributed by atoms with Gasteiger partial charge < -0.3 is 14.5 Å². The van der Waals surface area contributed by atoms with Gasteiger partial charge in [0.1, 0.15) is 0 Å². The van der Waals surface area contributed by atoms with Crippen LogP contribution in [0, 0.1) is 0 Å². The summed E-state index contributed by atoms with van der Waals surface area (Å²) >= 11 is 0. The highest BCUT2D eigenvalue weighted by atomic mass is 16.5. The maximum absolute atomic E-state index is 13.1. The Bertz CT molecular complexity index is 866. The van der Waals surface area contributed by atoms with Gasteiger partial charge in [0.15, 0.2) is 5.69 Å². The van der Waals surface area contributed by atoms with Crippen molar-refractivity contribution in [3.05, 3.63) is 47.0 Å². The minimum atomic E-state index is -0.101. The zero-order valence-corrected chi connectivity index (χ0v) is 16.2. The Morgan fingerprint density at radius 3 is 2.82 bits per heavy atom. The Labute approximate surface area is 163 Å². The summed E-state index contributed by atoms with van der Waals surface area (Å²) in [6.07, 6.45) is 4.48. The van der Waals surface area contributed by atoms with Crippen LogP contribution in [0.25, 0.3) is 0 Å². The molecule has 0 aliphatic carbocycles. The Kier molecular flexibility index (Phi) is 5.13. The smallest absolute Gasteiger partial charge is 0.275 e. The third-order valence-corrected chi connectivity index (χ3v) is 5.82. The minimum Gasteiger partial charge on any atom is -0.376 e. The van der Waals surface area contributed by atoms with Crippen molar-refractivity contribution in [1.82, 2.24) is 25.0 Å². The van der Waals surface area contributed by atoms with Gasteiger partial charge in [0.05, 0.1) is 19.6 Å². The predicted molar refractivity (Wildman–Crippen MR) is 102 cm³/mol. The molecule has 8 heteroatoms. The summed E-state index contributed by atoms with van der Waals surface area (Å²) in [4.78, 5) is 33.7. The number of H-pyrrole nitrogens is 1. The lowest BCUT2D eigenvalue weighted by Crippen LogP contribution is -2.60. The zero-order valence-electron chi connectivity index (χ0n) is 16.2. The first-order valence-corrected chi connectivity index (χ1v) is 9.69. The second kappa shape index (κ2) is 7.71. The minimum absolute atomic E-state index is 0.0602. The van der Waals surface area contributed by atoms with E-state index in [9.17, 15) is 9.59 Å². The topological polar surface area (TPSA) is 91.4 Å². The van der Waals surface area contributed by atoms with Gasteiger partial charge in [-0.3, -0.25) is 19.7 Å². The molecule has 1 fully saturated rings. The highest BCUT2D eigenvalue weighted by Gasteiger charge is 2.37. The van der Waals surface area contributed by atoms with Crippen molar-refractivity contribution in [2.24, 2.45) is 0 Å². The Morgan fingerprint density at radius 1 is 1.25 bits per heavy atom. The van der Waals surface area contributed by atoms with Crippen LogP contribution in [0.3, 0.4) is 0 Å². The number of hydrogen-bond acceptors (Lipinski definition) is 5. The number of hydrogen-bond donors (Lipinski definition) is 1. The normalized spacial score (nSPS) is 22.1. The van der Waals surface area contributed by atoms with Crippen LogP contribution >= 0.6 is 0 Å². The molecule has 2 amide bonds. The molecule has 4 heterocycles. The van der Waals surface area contributed by atoms with Crippen molar-refractivity contribution in [2.75, 3.05) is 19.7 Å². The van der Waals surface area contributed by atoms with Crippen molar-refractivity contribution in [1.29, 1.82) is 0 Å². The molecule has 2 aliphatic rings. The highest BCUT2D eigenvalue weighted by Crippen LogP contribution is 2.24. The molecule has 0 unspecified atom stereocenters. The summed E-state index contributed by atoms with van der Waals surface area (Å²) in [7, 11) is 0. The van der Waals surface area contributed by atoms with Crippen molar-refractivity contribution in [3.8, 4) is 0 Å². The van der Waals surface area contributed by atoms with Crippen molar-refractivity contribution < 1.29 is 14.3 Å². The van der Waals surface area contributed by atoms with Gasteiger partial charge in [0.2, 0.25) is 5.91 Å². The number of ether oxygens (including phenoxy) is 1. The van der Waals surface area contributed by atoms with Crippen molar-refractivity contribution >= 4 is 11.8 Å². The Hall–Kier alpha value is -2.74. The van der Waals surface area contributed by atoms with Crippen molar-refractivity contribution in [2.45, 2.75) is 45.4 Å². The SMILES string of the molecule is C[C@@H]1[C@@H](C)N(C(=O)c2n[nH]c3c2COCC3)CCN1C(=O)Cc1cccnc1. The molecule has 2 atom stereocenters. The summed E-state index contributed by atoms with van der Waals surface area (Å²) < 4.78 is 5.50. The lowest BCUT2D eigenvalue weighted by atomic mass is 10.0. The second-order valence-electron chi connectivity index (χ2n) is 7.44. The highest BCUT2D eigenvalue weighted by molar-refractivity contribution is 5.94. The number of nitrogens with one attached hydrogen (secondary N) is 1. The molecule has 2 aliphatic heterocycles. The van der Waals surface area contributed by atoms with Crippen LogP contribution in [0.4, 0.5) is 0 Å². The van der Waals surface area contributed by atoms with Gasteiger partial charge in [-0.1, -0.05) is 6.07 Å². The third kappa shape index (κ3) is 3.40. The van der Waals surface area contributed by atoms with Crippen LogP contribution in [0.1, 0.15) is 41.2 Å². The third-order valence-electron chi connectivity index (χ3n) is 5.82. The van der Waals surface area contributed by atoms with E-state index in [-0.39, 0.29) is 23.9 Å². The second-order valence-corrected chi connectivity index (χ2v) is 7.44. The number of nitrogens with zero attached hydrogens (tertiary/aromatic N) is 4. The van der Waals surface area contributed by atoms with Gasteiger partial charge in [0, 0.05) is 55.2 Å². The molecular formula is C20H25N5O3. The summed E-state index contributed by atoms with van der Waals surface area (Å²) in [5.41, 5.74) is 3.20. The molecule has 8 nitrogen and oxygen atoms in total. The van der Waals surface area contributed by atoms with Gasteiger partial charge in [-0.2, -0.15) is 5.10 Å². The summed E-state index contributed by atoms with van der Waals surface area (Å²) in [6, 6.07) is 3.56. The Morgan fingerprint density at radius 2 is 2.04 bits per heavy atom. The standard InChI is InChI=1S/C20H25N5O3/c1-13-14(2)25(20(27)19-16-12-28-9-5-17(16)22-23-19)8-7-24(13)18(26)10-15-4-3-6-21-11-15/h3-4,6,11,13-14H,5,7-10,12H2,1-2H3,(H,22,23)/t13-,14-/m1/s1. The molecular weight excluding hydrogens is 358 g/mol. The van der Waals surface area contributed by atoms with E-state index in [1.165, 1.54) is 0 Å². The molecule has 4 rings (SSSR count). The van der Waals surface area contributed by atoms with Crippen LogP contribution in [0.2, 0.25) is 0 Å². The number of fused-ring (bicyclic) bond motifs is 1. The summed E-state index contributed by atoms with van der Waals surface area (Å²) in [6.45, 7) is 6.05. The van der Waals surface area contributed by atoms with Gasteiger partial charge in [-0.15, -0.1) is 0 Å². The van der Waals surface area contributed by atoms with Crippen LogP contribution in [0.5, 0.6) is 0 Å². The van der Waals surface area contributed by atoms with E-state index in [4.69, 9.17) is 4.74 Å². The number of carbonyl (C=O) groups is 2. The van der Waals surface area contributed by atoms with E-state index in [0.717, 1.165) is 23.2 Å². The monoisotopic (exact) mass is 383 g/mol. The van der Waals surface area contributed by atoms with E-state index < -0.39 is 0 Å². The number of rotatable bonds is 3. The van der Waals surface area contributed by atoms with Gasteiger partial charge >= 0.3 is 0 Å². The number of amides is 2. The van der Waals surface area contributed by atoms with Crippen LogP contribution < -0.4 is 0 Å². The molecule has 1 saturated heterocycles.